The highest BCUT2D eigenvalue weighted by Crippen LogP contribution is 2.19. The summed E-state index contributed by atoms with van der Waals surface area (Å²) in [6.07, 6.45) is -0.397. The fourth-order valence-electron chi connectivity index (χ4n) is 3.22. The van der Waals surface area contributed by atoms with Crippen molar-refractivity contribution in [2.24, 2.45) is 0 Å². The van der Waals surface area contributed by atoms with Crippen LogP contribution in [0.1, 0.15) is 37.0 Å². The first-order chi connectivity index (χ1) is 12.1. The van der Waals surface area contributed by atoms with Crippen molar-refractivity contribution in [2.45, 2.75) is 52.7 Å². The van der Waals surface area contributed by atoms with E-state index >= 15 is 0 Å². The van der Waals surface area contributed by atoms with E-state index in [4.69, 9.17) is 4.74 Å². The summed E-state index contributed by atoms with van der Waals surface area (Å²) in [4.78, 5) is 26.3. The molecule has 2 atom stereocenters. The zero-order chi connectivity index (χ0) is 19.5. The third kappa shape index (κ3) is 5.06. The van der Waals surface area contributed by atoms with Gasteiger partial charge in [0.25, 0.3) is 5.91 Å². The molecule has 0 bridgehead atoms. The number of esters is 1. The van der Waals surface area contributed by atoms with Crippen LogP contribution in [0.5, 0.6) is 0 Å². The number of rotatable bonds is 6. The molecule has 0 unspecified atom stereocenters. The summed E-state index contributed by atoms with van der Waals surface area (Å²) in [5, 5.41) is 0. The predicted molar refractivity (Wildman–Crippen MR) is 99.6 cm³/mol. The Morgan fingerprint density at radius 1 is 1.27 bits per heavy atom. The molecule has 0 spiro atoms. The Labute approximate surface area is 155 Å². The Kier molecular flexibility index (Phi) is 6.44. The molecule has 0 aliphatic carbocycles. The van der Waals surface area contributed by atoms with Crippen LogP contribution in [0, 0.1) is 13.8 Å². The van der Waals surface area contributed by atoms with E-state index in [9.17, 15) is 18.0 Å². The molecule has 6 nitrogen and oxygen atoms in total. The number of carbonyl (C=O) groups excluding carboxylic acids is 2. The molecule has 1 fully saturated rings. The van der Waals surface area contributed by atoms with Crippen LogP contribution in [-0.4, -0.2) is 55.4 Å². The summed E-state index contributed by atoms with van der Waals surface area (Å²) >= 11 is 0. The van der Waals surface area contributed by atoms with Crippen molar-refractivity contribution in [2.75, 3.05) is 18.1 Å². The van der Waals surface area contributed by atoms with Gasteiger partial charge in [-0.3, -0.25) is 9.59 Å². The van der Waals surface area contributed by atoms with Crippen LogP contribution in [0.2, 0.25) is 0 Å². The molecular formula is C19H27NO5S. The molecule has 0 radical (unpaired) electrons. The molecule has 1 heterocycles. The van der Waals surface area contributed by atoms with Gasteiger partial charge in [0.1, 0.15) is 0 Å². The number of hydrogen-bond donors (Lipinski definition) is 0. The van der Waals surface area contributed by atoms with Gasteiger partial charge >= 0.3 is 5.97 Å². The highest BCUT2D eigenvalue weighted by Gasteiger charge is 2.36. The summed E-state index contributed by atoms with van der Waals surface area (Å²) in [5.74, 6) is -0.731. The second-order valence-electron chi connectivity index (χ2n) is 6.91. The van der Waals surface area contributed by atoms with Crippen molar-refractivity contribution in [3.8, 4) is 0 Å². The molecule has 1 aromatic rings. The summed E-state index contributed by atoms with van der Waals surface area (Å²) in [7, 11) is -3.08. The van der Waals surface area contributed by atoms with Gasteiger partial charge in [-0.15, -0.1) is 0 Å². The summed E-state index contributed by atoms with van der Waals surface area (Å²) in [5.41, 5.74) is 3.08. The van der Waals surface area contributed by atoms with Gasteiger partial charge in [0.05, 0.1) is 17.9 Å². The number of likely N-dealkylation sites (N-methyl/N-ethyl adjacent to an activating group) is 1. The number of ether oxygens (including phenoxy) is 1. The third-order valence-corrected chi connectivity index (χ3v) is 6.60. The zero-order valence-corrected chi connectivity index (χ0v) is 16.6. The molecule has 26 heavy (non-hydrogen) atoms. The van der Waals surface area contributed by atoms with E-state index in [1.54, 1.807) is 6.92 Å². The maximum atomic E-state index is 12.6. The number of amides is 1. The third-order valence-electron chi connectivity index (χ3n) is 4.85. The SMILES string of the molecule is CCN(C(=O)[C@@H](C)OC(=O)Cc1ccc(C)c(C)c1)[C@H]1CCS(=O)(=O)C1. The van der Waals surface area contributed by atoms with Crippen LogP contribution in [0.25, 0.3) is 0 Å². The van der Waals surface area contributed by atoms with Gasteiger partial charge < -0.3 is 9.64 Å². The Balaban J connectivity index is 1.96. The molecule has 0 saturated carbocycles. The van der Waals surface area contributed by atoms with Crippen molar-refractivity contribution in [1.29, 1.82) is 0 Å². The maximum Gasteiger partial charge on any atom is 0.311 e. The van der Waals surface area contributed by atoms with Crippen LogP contribution in [0.3, 0.4) is 0 Å². The largest absolute Gasteiger partial charge is 0.452 e. The van der Waals surface area contributed by atoms with E-state index in [2.05, 4.69) is 0 Å². The number of carbonyl (C=O) groups is 2. The fourth-order valence-corrected chi connectivity index (χ4v) is 4.95. The van der Waals surface area contributed by atoms with Crippen LogP contribution in [0.15, 0.2) is 18.2 Å². The van der Waals surface area contributed by atoms with Crippen molar-refractivity contribution in [3.63, 3.8) is 0 Å². The molecule has 0 N–H and O–H groups in total. The molecule has 144 valence electrons. The normalized spacial score (nSPS) is 19.8. The standard InChI is InChI=1S/C19H27NO5S/c1-5-20(17-8-9-26(23,24)12-17)19(22)15(4)25-18(21)11-16-7-6-13(2)14(3)10-16/h6-7,10,15,17H,5,8-9,11-12H2,1-4H3/t15-,17+/m1/s1. The van der Waals surface area contributed by atoms with Crippen molar-refractivity contribution in [1.82, 2.24) is 4.90 Å². The van der Waals surface area contributed by atoms with Crippen LogP contribution < -0.4 is 0 Å². The topological polar surface area (TPSA) is 80.8 Å². The lowest BCUT2D eigenvalue weighted by Gasteiger charge is -2.29. The second-order valence-corrected chi connectivity index (χ2v) is 9.14. The van der Waals surface area contributed by atoms with E-state index in [-0.39, 0.29) is 29.9 Å². The Hall–Kier alpha value is -1.89. The van der Waals surface area contributed by atoms with Crippen LogP contribution in [0.4, 0.5) is 0 Å². The van der Waals surface area contributed by atoms with Gasteiger partial charge in [0.2, 0.25) is 0 Å². The average molecular weight is 381 g/mol. The summed E-state index contributed by atoms with van der Waals surface area (Å²) in [6.45, 7) is 7.70. The highest BCUT2D eigenvalue weighted by atomic mass is 32.2. The Morgan fingerprint density at radius 3 is 2.50 bits per heavy atom. The molecule has 2 rings (SSSR count). The van der Waals surface area contributed by atoms with Crippen molar-refractivity contribution >= 4 is 21.7 Å². The van der Waals surface area contributed by atoms with E-state index in [1.165, 1.54) is 11.8 Å². The lowest BCUT2D eigenvalue weighted by atomic mass is 10.0. The second kappa shape index (κ2) is 8.20. The lowest BCUT2D eigenvalue weighted by Crippen LogP contribution is -2.46. The molecule has 1 aromatic carbocycles. The highest BCUT2D eigenvalue weighted by molar-refractivity contribution is 7.91. The van der Waals surface area contributed by atoms with Crippen LogP contribution >= 0.6 is 0 Å². The average Bonchev–Trinajstić information content (AvgIpc) is 2.91. The van der Waals surface area contributed by atoms with E-state index in [1.807, 2.05) is 32.0 Å². The molecule has 1 saturated heterocycles. The predicted octanol–water partition coefficient (Wildman–Crippen LogP) is 1.81. The Bertz CT molecular complexity index is 787. The summed E-state index contributed by atoms with van der Waals surface area (Å²) in [6, 6.07) is 5.42. The van der Waals surface area contributed by atoms with E-state index in [0.29, 0.717) is 13.0 Å². The first kappa shape index (κ1) is 20.4. The Morgan fingerprint density at radius 2 is 1.96 bits per heavy atom. The van der Waals surface area contributed by atoms with Gasteiger partial charge in [0, 0.05) is 12.6 Å². The number of aryl methyl sites for hydroxylation is 2. The number of benzene rings is 1. The van der Waals surface area contributed by atoms with Crippen molar-refractivity contribution < 1.29 is 22.7 Å². The fraction of sp³-hybridized carbons (Fsp3) is 0.579. The van der Waals surface area contributed by atoms with Crippen LogP contribution in [-0.2, 0) is 30.6 Å². The summed E-state index contributed by atoms with van der Waals surface area (Å²) < 4.78 is 28.6. The number of nitrogens with zero attached hydrogens (tertiary/aromatic N) is 1. The quantitative estimate of drug-likeness (QED) is 0.702. The number of sulfone groups is 1. The first-order valence-corrected chi connectivity index (χ1v) is 10.7. The minimum Gasteiger partial charge on any atom is -0.452 e. The molecular weight excluding hydrogens is 354 g/mol. The lowest BCUT2D eigenvalue weighted by molar-refractivity contribution is -0.159. The van der Waals surface area contributed by atoms with Gasteiger partial charge in [-0.25, -0.2) is 8.42 Å². The van der Waals surface area contributed by atoms with Gasteiger partial charge in [-0.05, 0) is 50.8 Å². The molecule has 1 amide bonds. The minimum atomic E-state index is -3.08. The minimum absolute atomic E-state index is 0.0180. The number of hydrogen-bond acceptors (Lipinski definition) is 5. The monoisotopic (exact) mass is 381 g/mol. The smallest absolute Gasteiger partial charge is 0.311 e. The van der Waals surface area contributed by atoms with Gasteiger partial charge in [0.15, 0.2) is 15.9 Å². The first-order valence-electron chi connectivity index (χ1n) is 8.89. The molecule has 0 aromatic heterocycles. The molecule has 1 aliphatic heterocycles. The molecule has 1 aliphatic rings. The van der Waals surface area contributed by atoms with Crippen molar-refractivity contribution in [3.05, 3.63) is 34.9 Å². The maximum absolute atomic E-state index is 12.6. The van der Waals surface area contributed by atoms with E-state index in [0.717, 1.165) is 16.7 Å². The van der Waals surface area contributed by atoms with Gasteiger partial charge in [-0.2, -0.15) is 0 Å². The molecule has 7 heteroatoms. The van der Waals surface area contributed by atoms with E-state index < -0.39 is 21.9 Å². The van der Waals surface area contributed by atoms with Gasteiger partial charge in [-0.1, -0.05) is 18.2 Å². The zero-order valence-electron chi connectivity index (χ0n) is 15.8.